The highest BCUT2D eigenvalue weighted by atomic mass is 32.3. The normalized spacial score (nSPS) is 13.2. The zero-order valence-corrected chi connectivity index (χ0v) is 14.1. The second-order valence-corrected chi connectivity index (χ2v) is 7.02. The number of benzene rings is 2. The zero-order chi connectivity index (χ0) is 18.2. The SMILES string of the molecule is CNc1ccc(NCCS(=O)(=O)F)c2c1C(=O)c1ccccc1C2=O. The lowest BCUT2D eigenvalue weighted by atomic mass is 9.82. The van der Waals surface area contributed by atoms with Crippen LogP contribution in [0.25, 0.3) is 0 Å². The minimum atomic E-state index is -4.63. The molecular weight excluding hydrogens is 347 g/mol. The molecule has 0 amide bonds. The van der Waals surface area contributed by atoms with Gasteiger partial charge in [0.2, 0.25) is 0 Å². The van der Waals surface area contributed by atoms with E-state index in [1.54, 1.807) is 43.4 Å². The number of ketones is 2. The van der Waals surface area contributed by atoms with Crippen LogP contribution in [0.4, 0.5) is 15.3 Å². The van der Waals surface area contributed by atoms with Gasteiger partial charge in [0, 0.05) is 36.1 Å². The summed E-state index contributed by atoms with van der Waals surface area (Å²) in [5, 5.41) is 5.63. The third-order valence-corrected chi connectivity index (χ3v) is 4.70. The third kappa shape index (κ3) is 3.12. The molecule has 0 unspecified atom stereocenters. The largest absolute Gasteiger partial charge is 0.388 e. The van der Waals surface area contributed by atoms with E-state index in [0.717, 1.165) is 0 Å². The Balaban J connectivity index is 2.10. The number of nitrogens with one attached hydrogen (secondary N) is 2. The molecule has 0 saturated carbocycles. The maximum absolute atomic E-state index is 12.9. The molecule has 2 aromatic rings. The van der Waals surface area contributed by atoms with Crippen molar-refractivity contribution in [2.45, 2.75) is 0 Å². The Hall–Kier alpha value is -2.74. The molecule has 130 valence electrons. The van der Waals surface area contributed by atoms with Crippen LogP contribution in [-0.4, -0.2) is 39.3 Å². The molecule has 25 heavy (non-hydrogen) atoms. The van der Waals surface area contributed by atoms with Gasteiger partial charge in [0.05, 0.1) is 16.9 Å². The molecular formula is C17H15FN2O4S. The Labute approximate surface area is 144 Å². The number of fused-ring (bicyclic) bond motifs is 2. The quantitative estimate of drug-likeness (QED) is 0.676. The van der Waals surface area contributed by atoms with Crippen molar-refractivity contribution >= 4 is 33.2 Å². The maximum atomic E-state index is 12.9. The Morgan fingerprint density at radius 2 is 1.44 bits per heavy atom. The topological polar surface area (TPSA) is 92.3 Å². The van der Waals surface area contributed by atoms with Gasteiger partial charge in [0.15, 0.2) is 11.6 Å². The van der Waals surface area contributed by atoms with E-state index in [1.807, 2.05) is 0 Å². The zero-order valence-electron chi connectivity index (χ0n) is 13.3. The molecule has 0 spiro atoms. The van der Waals surface area contributed by atoms with Crippen molar-refractivity contribution in [2.75, 3.05) is 30.0 Å². The summed E-state index contributed by atoms with van der Waals surface area (Å²) in [6, 6.07) is 9.69. The molecule has 1 aliphatic carbocycles. The molecule has 0 aliphatic heterocycles. The van der Waals surface area contributed by atoms with Crippen molar-refractivity contribution in [3.8, 4) is 0 Å². The van der Waals surface area contributed by atoms with Gasteiger partial charge in [-0.05, 0) is 12.1 Å². The van der Waals surface area contributed by atoms with Crippen LogP contribution < -0.4 is 10.6 Å². The number of anilines is 2. The van der Waals surface area contributed by atoms with E-state index >= 15 is 0 Å². The number of hydrogen-bond acceptors (Lipinski definition) is 6. The summed E-state index contributed by atoms with van der Waals surface area (Å²) in [4.78, 5) is 25.7. The first-order valence-electron chi connectivity index (χ1n) is 7.53. The van der Waals surface area contributed by atoms with E-state index in [0.29, 0.717) is 16.9 Å². The molecule has 0 fully saturated rings. The summed E-state index contributed by atoms with van der Waals surface area (Å²) in [5.74, 6) is -1.36. The van der Waals surface area contributed by atoms with Crippen LogP contribution in [0, 0.1) is 0 Å². The van der Waals surface area contributed by atoms with Crippen LogP contribution in [0.2, 0.25) is 0 Å². The number of carbonyl (C=O) groups excluding carboxylic acids is 2. The first-order valence-corrected chi connectivity index (χ1v) is 9.08. The molecule has 0 aromatic heterocycles. The molecule has 0 heterocycles. The minimum absolute atomic E-state index is 0.159. The number of hydrogen-bond donors (Lipinski definition) is 2. The molecule has 8 heteroatoms. The predicted octanol–water partition coefficient (Wildman–Crippen LogP) is 2.21. The smallest absolute Gasteiger partial charge is 0.304 e. The second-order valence-electron chi connectivity index (χ2n) is 5.53. The van der Waals surface area contributed by atoms with Gasteiger partial charge < -0.3 is 10.6 Å². The van der Waals surface area contributed by atoms with Gasteiger partial charge in [-0.1, -0.05) is 24.3 Å². The molecule has 1 aliphatic rings. The lowest BCUT2D eigenvalue weighted by molar-refractivity contribution is 0.0980. The van der Waals surface area contributed by atoms with E-state index in [1.165, 1.54) is 0 Å². The lowest BCUT2D eigenvalue weighted by Gasteiger charge is -2.23. The average Bonchev–Trinajstić information content (AvgIpc) is 2.58. The van der Waals surface area contributed by atoms with Crippen LogP contribution in [0.3, 0.4) is 0 Å². The van der Waals surface area contributed by atoms with Gasteiger partial charge in [0.1, 0.15) is 0 Å². The third-order valence-electron chi connectivity index (χ3n) is 4.01. The number of carbonyl (C=O) groups is 2. The molecule has 0 atom stereocenters. The standard InChI is InChI=1S/C17H15FN2O4S/c1-19-12-6-7-13(20-8-9-25(18,23)24)15-14(12)16(21)10-4-2-3-5-11(10)17(15)22/h2-7,19-20H,8-9H2,1H3. The van der Waals surface area contributed by atoms with Crippen molar-refractivity contribution in [2.24, 2.45) is 0 Å². The van der Waals surface area contributed by atoms with Crippen molar-refractivity contribution in [1.29, 1.82) is 0 Å². The van der Waals surface area contributed by atoms with E-state index in [-0.39, 0.29) is 34.8 Å². The van der Waals surface area contributed by atoms with Crippen LogP contribution in [0.15, 0.2) is 36.4 Å². The van der Waals surface area contributed by atoms with E-state index < -0.39 is 16.0 Å². The Morgan fingerprint density at radius 3 is 1.96 bits per heavy atom. The molecule has 0 radical (unpaired) electrons. The molecule has 0 bridgehead atoms. The maximum Gasteiger partial charge on any atom is 0.304 e. The second kappa shape index (κ2) is 6.29. The summed E-state index contributed by atoms with van der Waals surface area (Å²) in [6.45, 7) is -0.215. The lowest BCUT2D eigenvalue weighted by Crippen LogP contribution is -2.24. The van der Waals surface area contributed by atoms with Gasteiger partial charge in [-0.3, -0.25) is 9.59 Å². The van der Waals surface area contributed by atoms with Gasteiger partial charge in [-0.25, -0.2) is 0 Å². The van der Waals surface area contributed by atoms with Crippen molar-refractivity contribution < 1.29 is 21.9 Å². The molecule has 6 nitrogen and oxygen atoms in total. The highest BCUT2D eigenvalue weighted by Crippen LogP contribution is 2.36. The summed E-state index contributed by atoms with van der Waals surface area (Å²) in [5.41, 5.74) is 1.78. The van der Waals surface area contributed by atoms with E-state index in [2.05, 4.69) is 10.6 Å². The summed E-state index contributed by atoms with van der Waals surface area (Å²) in [7, 11) is -2.99. The monoisotopic (exact) mass is 362 g/mol. The van der Waals surface area contributed by atoms with Gasteiger partial charge in [0.25, 0.3) is 0 Å². The average molecular weight is 362 g/mol. The highest BCUT2D eigenvalue weighted by Gasteiger charge is 2.33. The molecule has 3 rings (SSSR count). The fourth-order valence-electron chi connectivity index (χ4n) is 2.89. The fourth-order valence-corrected chi connectivity index (χ4v) is 3.23. The number of rotatable bonds is 5. The van der Waals surface area contributed by atoms with Crippen LogP contribution >= 0.6 is 0 Å². The molecule has 2 aromatic carbocycles. The van der Waals surface area contributed by atoms with Crippen LogP contribution in [0.1, 0.15) is 31.8 Å². The summed E-state index contributed by atoms with van der Waals surface area (Å²) >= 11 is 0. The minimum Gasteiger partial charge on any atom is -0.388 e. The highest BCUT2D eigenvalue weighted by molar-refractivity contribution is 7.86. The number of halogens is 1. The van der Waals surface area contributed by atoms with Crippen LogP contribution in [0.5, 0.6) is 0 Å². The van der Waals surface area contributed by atoms with Gasteiger partial charge in [-0.2, -0.15) is 8.42 Å². The van der Waals surface area contributed by atoms with E-state index in [9.17, 15) is 21.9 Å². The molecule has 0 saturated heterocycles. The summed E-state index contributed by atoms with van der Waals surface area (Å²) < 4.78 is 34.0. The first kappa shape index (κ1) is 17.1. The van der Waals surface area contributed by atoms with Crippen molar-refractivity contribution in [3.63, 3.8) is 0 Å². The fraction of sp³-hybridized carbons (Fsp3) is 0.176. The Kier molecular flexibility index (Phi) is 4.30. The van der Waals surface area contributed by atoms with Crippen molar-refractivity contribution in [3.05, 3.63) is 58.7 Å². The molecule has 2 N–H and O–H groups in total. The Bertz CT molecular complexity index is 986. The Morgan fingerprint density at radius 1 is 0.920 bits per heavy atom. The van der Waals surface area contributed by atoms with Gasteiger partial charge >= 0.3 is 10.2 Å². The van der Waals surface area contributed by atoms with E-state index in [4.69, 9.17) is 0 Å². The predicted molar refractivity (Wildman–Crippen MR) is 92.7 cm³/mol. The first-order chi connectivity index (χ1) is 11.8. The summed E-state index contributed by atoms with van der Waals surface area (Å²) in [6.07, 6.45) is 0. The van der Waals surface area contributed by atoms with Crippen molar-refractivity contribution in [1.82, 2.24) is 0 Å². The van der Waals surface area contributed by atoms with Gasteiger partial charge in [-0.15, -0.1) is 3.89 Å². The van der Waals surface area contributed by atoms with Crippen LogP contribution in [-0.2, 0) is 10.2 Å².